The number of para-hydroxylation sites is 1. The number of piperazine rings is 3. The fourth-order valence-electron chi connectivity index (χ4n) is 17.5. The summed E-state index contributed by atoms with van der Waals surface area (Å²) in [5.41, 5.74) is 15.6. The molecule has 0 aliphatic carbocycles. The summed E-state index contributed by atoms with van der Waals surface area (Å²) >= 11 is 20.7. The topological polar surface area (TPSA) is 325 Å². The number of amides is 3. The number of aryl methyl sites for hydroxylation is 3. The van der Waals surface area contributed by atoms with Crippen molar-refractivity contribution in [1.29, 1.82) is 0 Å². The monoisotopic (exact) mass is 1850 g/mol. The van der Waals surface area contributed by atoms with Crippen molar-refractivity contribution in [3.05, 3.63) is 251 Å². The minimum absolute atomic E-state index is 0.0238. The highest BCUT2D eigenvalue weighted by atomic mass is 35.5. The largest absolute Gasteiger partial charge is 0.398 e. The predicted molar refractivity (Wildman–Crippen MR) is 518 cm³/mol. The van der Waals surface area contributed by atoms with Gasteiger partial charge in [0.25, 0.3) is 0 Å². The number of sulfonamides is 1. The van der Waals surface area contributed by atoms with Gasteiger partial charge in [-0.15, -0.1) is 0 Å². The summed E-state index contributed by atoms with van der Waals surface area (Å²) in [6.45, 7) is 47.2. The zero-order chi connectivity index (χ0) is 95.3. The lowest BCUT2D eigenvalue weighted by atomic mass is 9.97. The van der Waals surface area contributed by atoms with E-state index in [1.807, 2.05) is 142 Å². The molecule has 6 atom stereocenters. The molecular formula is C97H107Cl3F2N20O8S. The van der Waals surface area contributed by atoms with Gasteiger partial charge in [0.05, 0.1) is 94.4 Å². The number of nitrogens with one attached hydrogen (secondary N) is 1. The first-order valence-corrected chi connectivity index (χ1v) is 46.3. The Morgan fingerprint density at radius 3 is 1.15 bits per heavy atom. The standard InChI is InChI=1S/C34H39ClN6O2.C32H36ClN7O4S.C31H32ClF2N7O2/c1-9-28(42)39-17-23(8)40(18-22(39)7)32-26-16-27(35)30(25-13-11-10-12-21(25)6)37-33(26)41(34(43)38-32)31-24(19(2)3)14-15-36-29(31)20(4)5;1-8-26(41)38-16-21(6)39(17-20(38)5)30-23-15-24(33)28(22-11-9-10-12-25(22)37-45(7,43)44)35-31(23)40(32(42)36-30)29-19(4)13-14-34-27(29)18(2)3;1-7-25(42)39-13-18(6)40(14-17(39)5)29-20-10-21(32)27(19-11-22(33)23(34)12-24(19)35)37-30(20)41(31(43)38-29)28-16(4)8-9-36-26(28)15(2)3/h9-16,19-20,22-23H,1,17-18H2,2-8H3;8-15,18,20-21,37H,1,16-17H2,2-7H3;7-12,15,17-18H,1,13-14,35H2,2-6H3. The second-order valence-corrected chi connectivity index (χ2v) is 37.9. The third-order valence-electron chi connectivity index (χ3n) is 24.0. The van der Waals surface area contributed by atoms with Gasteiger partial charge in [-0.1, -0.05) is 152 Å². The number of rotatable bonds is 18. The number of pyridine rings is 6. The number of anilines is 5. The predicted octanol–water partition coefficient (Wildman–Crippen LogP) is 17.0. The lowest BCUT2D eigenvalue weighted by Crippen LogP contribution is -2.58. The number of nitrogens with two attached hydrogens (primary N) is 1. The molecule has 15 rings (SSSR count). The van der Waals surface area contributed by atoms with Crippen LogP contribution in [0.2, 0.25) is 15.1 Å². The number of halogens is 5. The first-order chi connectivity index (χ1) is 62.0. The fourth-order valence-corrected chi connectivity index (χ4v) is 18.8. The maximum Gasteiger partial charge on any atom is 0.355 e. The second-order valence-electron chi connectivity index (χ2n) is 34.9. The molecule has 3 aliphatic rings. The average Bonchev–Trinajstić information content (AvgIpc) is 0.735. The van der Waals surface area contributed by atoms with E-state index in [1.54, 1.807) is 80.3 Å². The van der Waals surface area contributed by atoms with E-state index in [0.717, 1.165) is 57.6 Å². The van der Waals surface area contributed by atoms with E-state index in [9.17, 15) is 46.0 Å². The highest BCUT2D eigenvalue weighted by Crippen LogP contribution is 2.44. The van der Waals surface area contributed by atoms with Gasteiger partial charge in [0.15, 0.2) is 28.6 Å². The van der Waals surface area contributed by atoms with Crippen molar-refractivity contribution >= 4 is 124 Å². The van der Waals surface area contributed by atoms with Gasteiger partial charge in [-0.25, -0.2) is 60.2 Å². The molecule has 12 heterocycles. The number of nitrogen functional groups attached to an aromatic ring is 1. The van der Waals surface area contributed by atoms with Crippen molar-refractivity contribution in [3.63, 3.8) is 0 Å². The SMILES string of the molecule is C=CC(=O)N1CC(C)N(c2nc(=O)n(-c3c(C(C)C)ccnc3C(C)C)c3nc(-c4ccccc4C)c(Cl)cc23)CC1C.C=CC(=O)N1CC(C)N(c2nc(=O)n(-c3c(C)ccnc3C(C)C)c3nc(-c4cc(F)c(F)cc4N)c(Cl)cc23)CC1C.C=CC(=O)N1CC(C)N(c2nc(=O)n(-c3c(C)ccnc3C(C)C)c3nc(-c4ccccc4NS(C)(=O)=O)c(Cl)cc23)CC1C. The van der Waals surface area contributed by atoms with Gasteiger partial charge in [0.1, 0.15) is 17.5 Å². The van der Waals surface area contributed by atoms with Gasteiger partial charge >= 0.3 is 17.1 Å². The first-order valence-electron chi connectivity index (χ1n) is 43.3. The molecule has 0 saturated carbocycles. The van der Waals surface area contributed by atoms with Crippen LogP contribution in [0.3, 0.4) is 0 Å². The summed E-state index contributed by atoms with van der Waals surface area (Å²) in [6.07, 6.45) is 10.2. The van der Waals surface area contributed by atoms with Crippen molar-refractivity contribution in [3.8, 4) is 50.8 Å². The number of hydrogen-bond acceptors (Lipinski definition) is 21. The van der Waals surface area contributed by atoms with Crippen molar-refractivity contribution in [2.45, 2.75) is 178 Å². The Bertz CT molecular complexity index is 6880. The van der Waals surface area contributed by atoms with Crippen LogP contribution in [0.1, 0.15) is 160 Å². The fraction of sp³-hybridized carbons (Fsp3) is 0.351. The van der Waals surface area contributed by atoms with E-state index in [-0.39, 0.29) is 116 Å². The van der Waals surface area contributed by atoms with E-state index in [2.05, 4.69) is 77.0 Å². The maximum absolute atomic E-state index is 14.4. The molecule has 3 aliphatic heterocycles. The van der Waals surface area contributed by atoms with Crippen LogP contribution >= 0.6 is 34.8 Å². The number of benzene rings is 3. The normalized spacial score (nSPS) is 17.2. The minimum atomic E-state index is -3.62. The molecule has 28 nitrogen and oxygen atoms in total. The molecular weight excluding hydrogens is 1750 g/mol. The van der Waals surface area contributed by atoms with E-state index < -0.39 is 38.7 Å². The van der Waals surface area contributed by atoms with Crippen LogP contribution in [0.5, 0.6) is 0 Å². The molecule has 3 N–H and O–H groups in total. The quantitative estimate of drug-likeness (QED) is 0.0595. The molecule has 34 heteroatoms. The van der Waals surface area contributed by atoms with Crippen molar-refractivity contribution in [2.24, 2.45) is 0 Å². The molecule has 9 aromatic heterocycles. The van der Waals surface area contributed by atoms with Crippen LogP contribution in [-0.4, -0.2) is 181 Å². The highest BCUT2D eigenvalue weighted by Gasteiger charge is 2.39. The van der Waals surface area contributed by atoms with Crippen LogP contribution in [0.4, 0.5) is 37.6 Å². The molecule has 3 amide bonds. The van der Waals surface area contributed by atoms with E-state index in [1.165, 1.54) is 27.4 Å². The summed E-state index contributed by atoms with van der Waals surface area (Å²) in [6, 6.07) is 26.3. The minimum Gasteiger partial charge on any atom is -0.398 e. The Balaban J connectivity index is 0.000000167. The Morgan fingerprint density at radius 1 is 0.443 bits per heavy atom. The second kappa shape index (κ2) is 38.8. The molecule has 131 heavy (non-hydrogen) atoms. The number of carbonyl (C=O) groups excluding carboxylic acids is 3. The van der Waals surface area contributed by atoms with Crippen molar-refractivity contribution in [1.82, 2.24) is 73.3 Å². The Labute approximate surface area is 774 Å². The molecule has 12 aromatic rings. The molecule has 0 radical (unpaired) electrons. The van der Waals surface area contributed by atoms with E-state index in [0.29, 0.717) is 129 Å². The molecule has 6 unspecified atom stereocenters. The average molecular weight is 1860 g/mol. The lowest BCUT2D eigenvalue weighted by molar-refractivity contribution is -0.129. The van der Waals surface area contributed by atoms with Crippen LogP contribution in [0, 0.1) is 32.4 Å². The number of carbonyl (C=O) groups is 3. The summed E-state index contributed by atoms with van der Waals surface area (Å²) in [7, 11) is -3.62. The van der Waals surface area contributed by atoms with E-state index in [4.69, 9.17) is 65.5 Å². The molecule has 3 aromatic carbocycles. The van der Waals surface area contributed by atoms with Gasteiger partial charge in [0, 0.05) is 123 Å². The van der Waals surface area contributed by atoms with Gasteiger partial charge < -0.3 is 35.1 Å². The molecule has 3 fully saturated rings. The first kappa shape index (κ1) is 95.9. The molecule has 3 saturated heterocycles. The Kier molecular flexibility index (Phi) is 28.4. The number of aromatic nitrogens is 12. The Hall–Kier alpha value is -12.7. The number of fused-ring (bicyclic) bond motifs is 3. The molecule has 0 bridgehead atoms. The zero-order valence-electron chi connectivity index (χ0n) is 76.5. The van der Waals surface area contributed by atoms with Crippen LogP contribution in [-0.2, 0) is 24.4 Å². The number of hydrogen-bond donors (Lipinski definition) is 2. The summed E-state index contributed by atoms with van der Waals surface area (Å²) < 4.78 is 59.8. The van der Waals surface area contributed by atoms with Gasteiger partial charge in [-0.05, 0) is 175 Å². The van der Waals surface area contributed by atoms with Gasteiger partial charge in [-0.3, -0.25) is 34.1 Å². The van der Waals surface area contributed by atoms with Crippen molar-refractivity contribution in [2.75, 3.05) is 70.7 Å². The van der Waals surface area contributed by atoms with Gasteiger partial charge in [-0.2, -0.15) is 15.0 Å². The van der Waals surface area contributed by atoms with Crippen LogP contribution < -0.4 is 42.2 Å². The molecule has 684 valence electrons. The van der Waals surface area contributed by atoms with Crippen LogP contribution in [0.15, 0.2) is 168 Å². The maximum atomic E-state index is 14.4. The highest BCUT2D eigenvalue weighted by molar-refractivity contribution is 7.92. The summed E-state index contributed by atoms with van der Waals surface area (Å²) in [5.74, 6) is -1.34. The van der Waals surface area contributed by atoms with Gasteiger partial charge in [0.2, 0.25) is 27.7 Å². The Morgan fingerprint density at radius 2 is 0.779 bits per heavy atom. The molecule has 0 spiro atoms. The number of nitrogens with zero attached hydrogens (tertiary/aromatic N) is 18. The lowest BCUT2D eigenvalue weighted by Gasteiger charge is -2.44. The third kappa shape index (κ3) is 19.0. The van der Waals surface area contributed by atoms with E-state index >= 15 is 0 Å². The summed E-state index contributed by atoms with van der Waals surface area (Å²) in [4.78, 5) is 134. The zero-order valence-corrected chi connectivity index (χ0v) is 79.6. The van der Waals surface area contributed by atoms with Crippen molar-refractivity contribution < 1.29 is 31.6 Å². The summed E-state index contributed by atoms with van der Waals surface area (Å²) in [5, 5.41) is 2.46. The third-order valence-corrected chi connectivity index (χ3v) is 25.5. The smallest absolute Gasteiger partial charge is 0.355 e. The van der Waals surface area contributed by atoms with Crippen LogP contribution in [0.25, 0.3) is 83.9 Å².